The van der Waals surface area contributed by atoms with Crippen molar-refractivity contribution in [1.29, 1.82) is 0 Å². The molecule has 2 unspecified atom stereocenters. The number of rotatable bonds is 69. The molecule has 2 atom stereocenters. The van der Waals surface area contributed by atoms with E-state index in [1.807, 2.05) is 6.08 Å². The van der Waals surface area contributed by atoms with Crippen molar-refractivity contribution in [3.05, 3.63) is 48.6 Å². The molecular formula is C76H143NO5. The van der Waals surface area contributed by atoms with Gasteiger partial charge in [0.25, 0.3) is 0 Å². The van der Waals surface area contributed by atoms with E-state index in [2.05, 4.69) is 55.6 Å². The van der Waals surface area contributed by atoms with Crippen LogP contribution in [0.1, 0.15) is 399 Å². The average Bonchev–Trinajstić information content (AvgIpc) is 3.48. The van der Waals surface area contributed by atoms with Gasteiger partial charge in [-0.3, -0.25) is 9.59 Å². The molecule has 6 nitrogen and oxygen atoms in total. The van der Waals surface area contributed by atoms with Gasteiger partial charge in [-0.2, -0.15) is 0 Å². The fourth-order valence-corrected chi connectivity index (χ4v) is 11.4. The number of nitrogens with one attached hydrogen (secondary N) is 1. The van der Waals surface area contributed by atoms with Gasteiger partial charge in [-0.25, -0.2) is 0 Å². The van der Waals surface area contributed by atoms with Gasteiger partial charge in [0.1, 0.15) is 0 Å². The summed E-state index contributed by atoms with van der Waals surface area (Å²) in [6.45, 7) is 4.87. The molecule has 0 aromatic rings. The van der Waals surface area contributed by atoms with Crippen LogP contribution in [-0.4, -0.2) is 47.4 Å². The quantitative estimate of drug-likeness (QED) is 0.0320. The molecule has 0 aliphatic heterocycles. The van der Waals surface area contributed by atoms with E-state index in [4.69, 9.17) is 4.74 Å². The fourth-order valence-electron chi connectivity index (χ4n) is 11.4. The molecule has 0 aliphatic rings. The molecule has 482 valence electrons. The van der Waals surface area contributed by atoms with Crippen molar-refractivity contribution in [2.24, 2.45) is 0 Å². The minimum Gasteiger partial charge on any atom is -0.466 e. The number of hydrogen-bond acceptors (Lipinski definition) is 5. The lowest BCUT2D eigenvalue weighted by molar-refractivity contribution is -0.143. The number of ether oxygens (including phenoxy) is 1. The largest absolute Gasteiger partial charge is 0.466 e. The molecule has 0 fully saturated rings. The molecular weight excluding hydrogens is 1010 g/mol. The van der Waals surface area contributed by atoms with Gasteiger partial charge >= 0.3 is 5.97 Å². The second-order valence-corrected chi connectivity index (χ2v) is 25.3. The summed E-state index contributed by atoms with van der Waals surface area (Å²) < 4.78 is 5.48. The van der Waals surface area contributed by atoms with E-state index in [-0.39, 0.29) is 18.5 Å². The van der Waals surface area contributed by atoms with E-state index < -0.39 is 12.1 Å². The van der Waals surface area contributed by atoms with Gasteiger partial charge in [0, 0.05) is 12.8 Å². The first kappa shape index (κ1) is 79.8. The highest BCUT2D eigenvalue weighted by Crippen LogP contribution is 2.19. The van der Waals surface area contributed by atoms with Gasteiger partial charge in [-0.05, 0) is 83.5 Å². The summed E-state index contributed by atoms with van der Waals surface area (Å²) in [5.74, 6) is -0.0585. The number of allylic oxidation sites excluding steroid dienone is 7. The standard InChI is InChI=1S/C76H143NO5/c1-3-5-7-9-11-13-15-17-18-19-35-38-41-45-48-52-56-60-64-68-74(79)73(72-78)77-75(80)69-65-61-57-53-49-46-42-39-36-33-31-29-27-25-23-21-20-22-24-26-28-30-32-34-37-40-43-47-51-55-59-63-67-71-82-76(81)70-66-62-58-54-50-44-16-14-12-10-8-6-4-2/h8,10,14,16,24,26,64,68,73-74,78-79H,3-7,9,11-13,15,17-23,25,27-63,65-67,69-72H2,1-2H3,(H,77,80)/b10-8-,16-14-,26-24-,68-64+. The SMILES string of the molecule is CCC/C=C\C/C=C\CCCCCCCC(=O)OCCCCCCCCCCCCCC/C=C\CCCCCCCCCCCCCCCCCCCC(=O)NC(CO)C(O)/C=C/CCCCCCCCCCCCCCCCCCC. The van der Waals surface area contributed by atoms with Crippen molar-refractivity contribution in [3.63, 3.8) is 0 Å². The maximum Gasteiger partial charge on any atom is 0.305 e. The molecule has 0 spiro atoms. The third-order valence-electron chi connectivity index (χ3n) is 17.0. The Labute approximate surface area is 512 Å². The van der Waals surface area contributed by atoms with E-state index in [1.165, 1.54) is 321 Å². The molecule has 0 heterocycles. The Kier molecular flexibility index (Phi) is 69.4. The summed E-state index contributed by atoms with van der Waals surface area (Å²) >= 11 is 0. The first-order chi connectivity index (χ1) is 40.5. The summed E-state index contributed by atoms with van der Waals surface area (Å²) in [5, 5.41) is 23.2. The molecule has 0 radical (unpaired) electrons. The zero-order chi connectivity index (χ0) is 59.2. The lowest BCUT2D eigenvalue weighted by atomic mass is 10.0. The van der Waals surface area contributed by atoms with Crippen LogP contribution in [-0.2, 0) is 14.3 Å². The highest BCUT2D eigenvalue weighted by molar-refractivity contribution is 5.76. The van der Waals surface area contributed by atoms with Crippen LogP contribution < -0.4 is 5.32 Å². The first-order valence-corrected chi connectivity index (χ1v) is 36.9. The van der Waals surface area contributed by atoms with Crippen LogP contribution in [0.15, 0.2) is 48.6 Å². The third kappa shape index (κ3) is 67.0. The van der Waals surface area contributed by atoms with Gasteiger partial charge < -0.3 is 20.3 Å². The summed E-state index contributed by atoms with van der Waals surface area (Å²) in [6, 6.07) is -0.627. The molecule has 0 aliphatic carbocycles. The lowest BCUT2D eigenvalue weighted by Gasteiger charge is -2.20. The lowest BCUT2D eigenvalue weighted by Crippen LogP contribution is -2.45. The van der Waals surface area contributed by atoms with Crippen LogP contribution in [0.3, 0.4) is 0 Å². The normalized spacial score (nSPS) is 12.8. The number of aliphatic hydroxyl groups is 2. The zero-order valence-electron chi connectivity index (χ0n) is 55.2. The van der Waals surface area contributed by atoms with Crippen molar-refractivity contribution in [2.75, 3.05) is 13.2 Å². The van der Waals surface area contributed by atoms with Crippen LogP contribution in [0.5, 0.6) is 0 Å². The van der Waals surface area contributed by atoms with Crippen molar-refractivity contribution in [1.82, 2.24) is 5.32 Å². The minimum absolute atomic E-state index is 0.00314. The molecule has 0 aromatic carbocycles. The zero-order valence-corrected chi connectivity index (χ0v) is 55.2. The Morgan fingerprint density at radius 2 is 0.634 bits per heavy atom. The number of hydrogen-bond donors (Lipinski definition) is 3. The minimum atomic E-state index is -0.843. The Balaban J connectivity index is 3.38. The number of amides is 1. The van der Waals surface area contributed by atoms with Gasteiger partial charge in [0.15, 0.2) is 0 Å². The molecule has 0 bridgehead atoms. The molecule has 82 heavy (non-hydrogen) atoms. The highest BCUT2D eigenvalue weighted by Gasteiger charge is 2.18. The second kappa shape index (κ2) is 71.3. The number of carbonyl (C=O) groups excluding carboxylic acids is 2. The first-order valence-electron chi connectivity index (χ1n) is 36.9. The molecule has 0 aromatic heterocycles. The predicted molar refractivity (Wildman–Crippen MR) is 361 cm³/mol. The highest BCUT2D eigenvalue weighted by atomic mass is 16.5. The topological polar surface area (TPSA) is 95.9 Å². The van der Waals surface area contributed by atoms with Crippen molar-refractivity contribution >= 4 is 11.9 Å². The molecule has 3 N–H and O–H groups in total. The molecule has 0 rings (SSSR count). The predicted octanol–water partition coefficient (Wildman–Crippen LogP) is 24.0. The van der Waals surface area contributed by atoms with Gasteiger partial charge in [0.05, 0.1) is 25.4 Å². The Morgan fingerprint density at radius 3 is 0.988 bits per heavy atom. The number of unbranched alkanes of at least 4 members (excludes halogenated alkanes) is 52. The van der Waals surface area contributed by atoms with Gasteiger partial charge in [0.2, 0.25) is 5.91 Å². The van der Waals surface area contributed by atoms with E-state index >= 15 is 0 Å². The Hall–Kier alpha value is -2.18. The molecule has 6 heteroatoms. The van der Waals surface area contributed by atoms with E-state index in [9.17, 15) is 19.8 Å². The van der Waals surface area contributed by atoms with Crippen LogP contribution >= 0.6 is 0 Å². The van der Waals surface area contributed by atoms with Crippen LogP contribution in [0.25, 0.3) is 0 Å². The summed E-state index contributed by atoms with van der Waals surface area (Å²) in [5.41, 5.74) is 0. The summed E-state index contributed by atoms with van der Waals surface area (Å²) in [4.78, 5) is 24.6. The average molecular weight is 1150 g/mol. The number of carbonyl (C=O) groups is 2. The monoisotopic (exact) mass is 1150 g/mol. The fraction of sp³-hybridized carbons (Fsp3) is 0.868. The molecule has 0 saturated carbocycles. The maximum atomic E-state index is 12.5. The van der Waals surface area contributed by atoms with Crippen molar-refractivity contribution < 1.29 is 24.5 Å². The Bertz CT molecular complexity index is 1370. The van der Waals surface area contributed by atoms with E-state index in [0.717, 1.165) is 51.4 Å². The number of esters is 1. The smallest absolute Gasteiger partial charge is 0.305 e. The molecule has 1 amide bonds. The maximum absolute atomic E-state index is 12.5. The van der Waals surface area contributed by atoms with E-state index in [1.54, 1.807) is 6.08 Å². The third-order valence-corrected chi connectivity index (χ3v) is 17.0. The van der Waals surface area contributed by atoms with Gasteiger partial charge in [-0.1, -0.05) is 351 Å². The van der Waals surface area contributed by atoms with Crippen molar-refractivity contribution in [3.8, 4) is 0 Å². The number of aliphatic hydroxyl groups excluding tert-OH is 2. The summed E-state index contributed by atoms with van der Waals surface area (Å²) in [6.07, 6.45) is 93.5. The molecule has 0 saturated heterocycles. The van der Waals surface area contributed by atoms with Crippen molar-refractivity contribution in [2.45, 2.75) is 411 Å². The van der Waals surface area contributed by atoms with E-state index in [0.29, 0.717) is 19.4 Å². The van der Waals surface area contributed by atoms with Crippen LogP contribution in [0, 0.1) is 0 Å². The Morgan fingerprint density at radius 1 is 0.341 bits per heavy atom. The second-order valence-electron chi connectivity index (χ2n) is 25.3. The van der Waals surface area contributed by atoms with Crippen LogP contribution in [0.2, 0.25) is 0 Å². The summed E-state index contributed by atoms with van der Waals surface area (Å²) in [7, 11) is 0. The van der Waals surface area contributed by atoms with Gasteiger partial charge in [-0.15, -0.1) is 0 Å². The van der Waals surface area contributed by atoms with Crippen LogP contribution in [0.4, 0.5) is 0 Å².